The summed E-state index contributed by atoms with van der Waals surface area (Å²) in [4.78, 5) is 27.0. The third-order valence-electron chi connectivity index (χ3n) is 2.01. The molecule has 82 valence electrons. The van der Waals surface area contributed by atoms with Crippen LogP contribution in [0.4, 0.5) is 5.95 Å². The highest BCUT2D eigenvalue weighted by atomic mass is 16.2. The van der Waals surface area contributed by atoms with Crippen LogP contribution in [-0.2, 0) is 7.05 Å². The second-order valence-electron chi connectivity index (χ2n) is 3.13. The Kier molecular flexibility index (Phi) is 2.50. The van der Waals surface area contributed by atoms with Gasteiger partial charge in [-0.1, -0.05) is 0 Å². The van der Waals surface area contributed by atoms with Gasteiger partial charge in [-0.05, 0) is 12.1 Å². The van der Waals surface area contributed by atoms with Crippen molar-refractivity contribution in [2.75, 3.05) is 5.32 Å². The predicted molar refractivity (Wildman–Crippen MR) is 56.0 cm³/mol. The van der Waals surface area contributed by atoms with E-state index < -0.39 is 5.91 Å². The molecule has 0 spiro atoms. The Hall–Kier alpha value is -2.44. The maximum absolute atomic E-state index is 11.7. The molecule has 0 saturated heterocycles. The molecule has 0 fully saturated rings. The second kappa shape index (κ2) is 3.97. The summed E-state index contributed by atoms with van der Waals surface area (Å²) in [5.41, 5.74) is -0.305. The number of pyridine rings is 1. The Balaban J connectivity index is 2.28. The van der Waals surface area contributed by atoms with E-state index in [9.17, 15) is 9.59 Å². The summed E-state index contributed by atoms with van der Waals surface area (Å²) in [6.45, 7) is 0. The smallest absolute Gasteiger partial charge is 0.263 e. The van der Waals surface area contributed by atoms with E-state index in [1.54, 1.807) is 19.3 Å². The number of H-pyrrole nitrogens is 1. The van der Waals surface area contributed by atoms with Crippen molar-refractivity contribution in [2.24, 2.45) is 7.05 Å². The fourth-order valence-corrected chi connectivity index (χ4v) is 1.21. The molecule has 0 aromatic carbocycles. The minimum atomic E-state index is -0.516. The van der Waals surface area contributed by atoms with Crippen LogP contribution in [0.3, 0.4) is 0 Å². The molecule has 16 heavy (non-hydrogen) atoms. The Morgan fingerprint density at radius 2 is 2.38 bits per heavy atom. The molecule has 2 aromatic rings. The highest BCUT2D eigenvalue weighted by molar-refractivity contribution is 6.02. The summed E-state index contributed by atoms with van der Waals surface area (Å²) < 4.78 is 1.33. The quantitative estimate of drug-likeness (QED) is 0.728. The van der Waals surface area contributed by atoms with Crippen LogP contribution in [0.5, 0.6) is 0 Å². The van der Waals surface area contributed by atoms with Gasteiger partial charge in [-0.25, -0.2) is 5.10 Å². The summed E-state index contributed by atoms with van der Waals surface area (Å²) in [6.07, 6.45) is 2.84. The third-order valence-corrected chi connectivity index (χ3v) is 2.01. The van der Waals surface area contributed by atoms with Gasteiger partial charge < -0.3 is 4.57 Å². The fraction of sp³-hybridized carbons (Fsp3) is 0.111. The minimum absolute atomic E-state index is 0.0569. The number of carbonyl (C=O) groups is 1. The molecule has 0 aliphatic heterocycles. The van der Waals surface area contributed by atoms with Crippen molar-refractivity contribution in [1.29, 1.82) is 0 Å². The number of aromatic nitrogens is 4. The molecule has 0 atom stereocenters. The summed E-state index contributed by atoms with van der Waals surface area (Å²) in [5.74, 6) is -0.311. The van der Waals surface area contributed by atoms with Gasteiger partial charge in [-0.3, -0.25) is 14.9 Å². The number of amides is 1. The standard InChI is InChI=1S/C9H9N5O2/c1-14-4-2-3-6(8(14)16)7(15)12-9-10-5-11-13-9/h2-5H,1H3,(H2,10,11,12,13,15). The summed E-state index contributed by atoms with van der Waals surface area (Å²) in [5, 5.41) is 8.47. The molecular formula is C9H9N5O2. The van der Waals surface area contributed by atoms with Crippen LogP contribution in [0, 0.1) is 0 Å². The second-order valence-corrected chi connectivity index (χ2v) is 3.13. The Morgan fingerprint density at radius 1 is 1.56 bits per heavy atom. The van der Waals surface area contributed by atoms with Crippen LogP contribution in [0.25, 0.3) is 0 Å². The van der Waals surface area contributed by atoms with Gasteiger partial charge in [0.15, 0.2) is 0 Å². The molecule has 0 radical (unpaired) electrons. The van der Waals surface area contributed by atoms with Crippen LogP contribution >= 0.6 is 0 Å². The number of nitrogens with zero attached hydrogens (tertiary/aromatic N) is 3. The molecule has 2 aromatic heterocycles. The number of rotatable bonds is 2. The van der Waals surface area contributed by atoms with Crippen molar-refractivity contribution in [1.82, 2.24) is 19.7 Å². The number of hydrogen-bond acceptors (Lipinski definition) is 4. The Morgan fingerprint density at radius 3 is 3.06 bits per heavy atom. The maximum atomic E-state index is 11.7. The zero-order valence-electron chi connectivity index (χ0n) is 8.47. The highest BCUT2D eigenvalue weighted by Gasteiger charge is 2.11. The fourth-order valence-electron chi connectivity index (χ4n) is 1.21. The molecule has 0 bridgehead atoms. The molecule has 0 aliphatic rings. The number of carbonyl (C=O) groups excluding carboxylic acids is 1. The van der Waals surface area contributed by atoms with Crippen molar-refractivity contribution >= 4 is 11.9 Å². The topological polar surface area (TPSA) is 92.7 Å². The van der Waals surface area contributed by atoms with Gasteiger partial charge in [0.05, 0.1) is 0 Å². The van der Waals surface area contributed by atoms with E-state index in [0.29, 0.717) is 0 Å². The monoisotopic (exact) mass is 219 g/mol. The minimum Gasteiger partial charge on any atom is -0.318 e. The first-order chi connectivity index (χ1) is 7.68. The van der Waals surface area contributed by atoms with E-state index in [-0.39, 0.29) is 17.1 Å². The van der Waals surface area contributed by atoms with Crippen molar-refractivity contribution in [3.63, 3.8) is 0 Å². The number of nitrogens with one attached hydrogen (secondary N) is 2. The molecule has 1 amide bonds. The molecular weight excluding hydrogens is 210 g/mol. The number of aromatic amines is 1. The van der Waals surface area contributed by atoms with Gasteiger partial charge in [0.2, 0.25) is 5.95 Å². The molecule has 0 unspecified atom stereocenters. The SMILES string of the molecule is Cn1cccc(C(=O)Nc2ncn[nH]2)c1=O. The molecule has 0 aliphatic carbocycles. The number of aryl methyl sites for hydroxylation is 1. The molecule has 2 N–H and O–H groups in total. The van der Waals surface area contributed by atoms with Crippen LogP contribution in [0.2, 0.25) is 0 Å². The summed E-state index contributed by atoms with van der Waals surface area (Å²) in [7, 11) is 1.58. The van der Waals surface area contributed by atoms with E-state index >= 15 is 0 Å². The van der Waals surface area contributed by atoms with E-state index in [1.165, 1.54) is 17.0 Å². The van der Waals surface area contributed by atoms with Gasteiger partial charge in [0.1, 0.15) is 11.9 Å². The first-order valence-corrected chi connectivity index (χ1v) is 4.51. The van der Waals surface area contributed by atoms with Crippen LogP contribution in [-0.4, -0.2) is 25.7 Å². The number of anilines is 1. The zero-order valence-corrected chi connectivity index (χ0v) is 8.47. The van der Waals surface area contributed by atoms with E-state index in [4.69, 9.17) is 0 Å². The van der Waals surface area contributed by atoms with E-state index in [1.807, 2.05) is 0 Å². The largest absolute Gasteiger partial charge is 0.318 e. The number of hydrogen-bond donors (Lipinski definition) is 2. The van der Waals surface area contributed by atoms with Gasteiger partial charge in [-0.15, -0.1) is 0 Å². The maximum Gasteiger partial charge on any atom is 0.263 e. The summed E-state index contributed by atoms with van der Waals surface area (Å²) >= 11 is 0. The lowest BCUT2D eigenvalue weighted by molar-refractivity contribution is 0.102. The Labute approximate surface area is 90.1 Å². The molecule has 7 heteroatoms. The first kappa shape index (κ1) is 10.1. The predicted octanol–water partition coefficient (Wildman–Crippen LogP) is -0.244. The van der Waals surface area contributed by atoms with E-state index in [0.717, 1.165) is 0 Å². The first-order valence-electron chi connectivity index (χ1n) is 4.51. The van der Waals surface area contributed by atoms with Crippen LogP contribution < -0.4 is 10.9 Å². The van der Waals surface area contributed by atoms with Gasteiger partial charge >= 0.3 is 0 Å². The summed E-state index contributed by atoms with van der Waals surface area (Å²) in [6, 6.07) is 3.07. The van der Waals surface area contributed by atoms with Crippen molar-refractivity contribution < 1.29 is 4.79 Å². The van der Waals surface area contributed by atoms with Crippen LogP contribution in [0.15, 0.2) is 29.5 Å². The average Bonchev–Trinajstić information content (AvgIpc) is 2.74. The van der Waals surface area contributed by atoms with Gasteiger partial charge in [0.25, 0.3) is 11.5 Å². The molecule has 2 rings (SSSR count). The Bertz CT molecular complexity index is 558. The zero-order chi connectivity index (χ0) is 11.5. The van der Waals surface area contributed by atoms with E-state index in [2.05, 4.69) is 20.5 Å². The molecule has 7 nitrogen and oxygen atoms in total. The lowest BCUT2D eigenvalue weighted by Gasteiger charge is -2.02. The van der Waals surface area contributed by atoms with Crippen molar-refractivity contribution in [3.05, 3.63) is 40.6 Å². The highest BCUT2D eigenvalue weighted by Crippen LogP contribution is 1.98. The van der Waals surface area contributed by atoms with Gasteiger partial charge in [-0.2, -0.15) is 10.1 Å². The van der Waals surface area contributed by atoms with Crippen molar-refractivity contribution in [3.8, 4) is 0 Å². The molecule has 2 heterocycles. The average molecular weight is 219 g/mol. The van der Waals surface area contributed by atoms with Gasteiger partial charge in [0, 0.05) is 13.2 Å². The third kappa shape index (κ3) is 1.83. The normalized spacial score (nSPS) is 10.1. The lowest BCUT2D eigenvalue weighted by Crippen LogP contribution is -2.27. The molecule has 0 saturated carbocycles. The van der Waals surface area contributed by atoms with Crippen LogP contribution in [0.1, 0.15) is 10.4 Å². The lowest BCUT2D eigenvalue weighted by atomic mass is 10.2. The van der Waals surface area contributed by atoms with Crippen molar-refractivity contribution in [2.45, 2.75) is 0 Å².